The van der Waals surface area contributed by atoms with Crippen molar-refractivity contribution < 1.29 is 19.1 Å². The molecule has 0 aliphatic carbocycles. The van der Waals surface area contributed by atoms with Gasteiger partial charge in [-0.25, -0.2) is 9.59 Å². The summed E-state index contributed by atoms with van der Waals surface area (Å²) in [7, 11) is 0. The summed E-state index contributed by atoms with van der Waals surface area (Å²) < 4.78 is 10.8. The predicted molar refractivity (Wildman–Crippen MR) is 124 cm³/mol. The molecule has 31 heavy (non-hydrogen) atoms. The standard InChI is InChI=1S/C27H36O4/c1-3-4-5-6-7-8-9-10-13-19-30-26(28)24-17-11-12-18-25(24)27(29)31-21-23-16-14-15-22(2)20-23/h11-12,14-18,20H,3-10,13,19,21H2,1-2H3. The number of esters is 2. The third-order valence-corrected chi connectivity index (χ3v) is 5.30. The van der Waals surface area contributed by atoms with E-state index in [4.69, 9.17) is 9.47 Å². The summed E-state index contributed by atoms with van der Waals surface area (Å²) in [5.41, 5.74) is 2.52. The van der Waals surface area contributed by atoms with Gasteiger partial charge in [0.25, 0.3) is 0 Å². The first-order valence-electron chi connectivity index (χ1n) is 11.6. The van der Waals surface area contributed by atoms with E-state index in [2.05, 4.69) is 6.92 Å². The van der Waals surface area contributed by atoms with Gasteiger partial charge in [-0.3, -0.25) is 0 Å². The molecule has 0 fully saturated rings. The molecule has 0 saturated heterocycles. The van der Waals surface area contributed by atoms with E-state index in [1.165, 1.54) is 44.9 Å². The molecule has 4 nitrogen and oxygen atoms in total. The second-order valence-corrected chi connectivity index (χ2v) is 8.08. The fourth-order valence-corrected chi connectivity index (χ4v) is 3.52. The Bertz CT molecular complexity index is 812. The molecule has 0 aliphatic heterocycles. The average molecular weight is 425 g/mol. The molecule has 2 aromatic rings. The maximum atomic E-state index is 12.5. The van der Waals surface area contributed by atoms with E-state index in [1.54, 1.807) is 24.3 Å². The molecule has 0 heterocycles. The zero-order chi connectivity index (χ0) is 22.3. The molecule has 0 aliphatic rings. The summed E-state index contributed by atoms with van der Waals surface area (Å²) in [6, 6.07) is 14.5. The molecule has 2 rings (SSSR count). The normalized spacial score (nSPS) is 10.6. The zero-order valence-corrected chi connectivity index (χ0v) is 19.0. The van der Waals surface area contributed by atoms with E-state index in [-0.39, 0.29) is 17.7 Å². The fourth-order valence-electron chi connectivity index (χ4n) is 3.52. The Morgan fingerprint density at radius 2 is 1.29 bits per heavy atom. The van der Waals surface area contributed by atoms with Crippen LogP contribution in [-0.2, 0) is 16.1 Å². The van der Waals surface area contributed by atoms with Crippen molar-refractivity contribution >= 4 is 11.9 Å². The molecule has 2 aromatic carbocycles. The van der Waals surface area contributed by atoms with E-state index >= 15 is 0 Å². The highest BCUT2D eigenvalue weighted by Gasteiger charge is 2.19. The van der Waals surface area contributed by atoms with Gasteiger partial charge in [0, 0.05) is 0 Å². The number of rotatable bonds is 14. The first-order valence-corrected chi connectivity index (χ1v) is 11.6. The molecule has 0 saturated carbocycles. The number of benzene rings is 2. The minimum Gasteiger partial charge on any atom is -0.462 e. The van der Waals surface area contributed by atoms with Crippen LogP contribution in [0.2, 0.25) is 0 Å². The highest BCUT2D eigenvalue weighted by atomic mass is 16.5. The van der Waals surface area contributed by atoms with Crippen molar-refractivity contribution in [2.75, 3.05) is 6.61 Å². The van der Waals surface area contributed by atoms with Gasteiger partial charge in [-0.2, -0.15) is 0 Å². The van der Waals surface area contributed by atoms with Gasteiger partial charge >= 0.3 is 11.9 Å². The molecule has 0 amide bonds. The summed E-state index contributed by atoms with van der Waals surface area (Å²) in [5.74, 6) is -0.986. The number of aryl methyl sites for hydroxylation is 1. The lowest BCUT2D eigenvalue weighted by Gasteiger charge is -2.10. The largest absolute Gasteiger partial charge is 0.462 e. The lowest BCUT2D eigenvalue weighted by atomic mass is 10.1. The second-order valence-electron chi connectivity index (χ2n) is 8.08. The Morgan fingerprint density at radius 1 is 0.710 bits per heavy atom. The minimum atomic E-state index is -0.517. The van der Waals surface area contributed by atoms with E-state index < -0.39 is 11.9 Å². The molecule has 0 aromatic heterocycles. The van der Waals surface area contributed by atoms with Crippen molar-refractivity contribution in [1.29, 1.82) is 0 Å². The van der Waals surface area contributed by atoms with Crippen molar-refractivity contribution in [2.45, 2.75) is 78.2 Å². The van der Waals surface area contributed by atoms with E-state index in [9.17, 15) is 9.59 Å². The van der Waals surface area contributed by atoms with Crippen LogP contribution in [0.1, 0.15) is 96.6 Å². The lowest BCUT2D eigenvalue weighted by Crippen LogP contribution is -2.14. The van der Waals surface area contributed by atoms with Gasteiger partial charge in [0.05, 0.1) is 17.7 Å². The van der Waals surface area contributed by atoms with E-state index in [0.717, 1.165) is 24.0 Å². The van der Waals surface area contributed by atoms with Crippen LogP contribution in [0.5, 0.6) is 0 Å². The molecule has 4 heteroatoms. The van der Waals surface area contributed by atoms with Gasteiger partial charge < -0.3 is 9.47 Å². The van der Waals surface area contributed by atoms with Crippen LogP contribution in [0.3, 0.4) is 0 Å². The van der Waals surface area contributed by atoms with Gasteiger partial charge in [-0.05, 0) is 31.0 Å². The molecule has 0 N–H and O–H groups in total. The van der Waals surface area contributed by atoms with E-state index in [1.807, 2.05) is 31.2 Å². The maximum Gasteiger partial charge on any atom is 0.339 e. The Hall–Kier alpha value is -2.62. The lowest BCUT2D eigenvalue weighted by molar-refractivity contribution is 0.0436. The second kappa shape index (κ2) is 14.4. The summed E-state index contributed by atoms with van der Waals surface area (Å²) in [4.78, 5) is 25.0. The third-order valence-electron chi connectivity index (χ3n) is 5.30. The van der Waals surface area contributed by atoms with Crippen LogP contribution in [0.25, 0.3) is 0 Å². The topological polar surface area (TPSA) is 52.6 Å². The van der Waals surface area contributed by atoms with Crippen LogP contribution >= 0.6 is 0 Å². The molecular weight excluding hydrogens is 388 g/mol. The number of unbranched alkanes of at least 4 members (excludes halogenated alkanes) is 8. The van der Waals surface area contributed by atoms with Crippen molar-refractivity contribution in [1.82, 2.24) is 0 Å². The maximum absolute atomic E-state index is 12.5. The highest BCUT2D eigenvalue weighted by molar-refractivity contribution is 6.03. The van der Waals surface area contributed by atoms with Crippen LogP contribution in [0.4, 0.5) is 0 Å². The van der Waals surface area contributed by atoms with Gasteiger partial charge in [0.1, 0.15) is 6.61 Å². The Morgan fingerprint density at radius 3 is 1.90 bits per heavy atom. The van der Waals surface area contributed by atoms with Crippen LogP contribution in [0.15, 0.2) is 48.5 Å². The Balaban J connectivity index is 1.73. The molecule has 168 valence electrons. The molecule has 0 radical (unpaired) electrons. The highest BCUT2D eigenvalue weighted by Crippen LogP contribution is 2.15. The molecule has 0 bridgehead atoms. The van der Waals surface area contributed by atoms with Crippen molar-refractivity contribution in [3.05, 3.63) is 70.8 Å². The van der Waals surface area contributed by atoms with Crippen molar-refractivity contribution in [3.63, 3.8) is 0 Å². The molecular formula is C27H36O4. The average Bonchev–Trinajstić information content (AvgIpc) is 2.78. The summed E-state index contributed by atoms with van der Waals surface area (Å²) in [6.07, 6.45) is 10.9. The number of hydrogen-bond acceptors (Lipinski definition) is 4. The minimum absolute atomic E-state index is 0.169. The van der Waals surface area contributed by atoms with E-state index in [0.29, 0.717) is 6.61 Å². The fraction of sp³-hybridized carbons (Fsp3) is 0.481. The Labute approximate surface area is 187 Å². The summed E-state index contributed by atoms with van der Waals surface area (Å²) >= 11 is 0. The zero-order valence-electron chi connectivity index (χ0n) is 19.0. The quantitative estimate of drug-likeness (QED) is 0.241. The van der Waals surface area contributed by atoms with Gasteiger partial charge in [-0.1, -0.05) is 100 Å². The first-order chi connectivity index (χ1) is 15.1. The number of ether oxygens (including phenoxy) is 2. The van der Waals surface area contributed by atoms with Gasteiger partial charge in [0.15, 0.2) is 0 Å². The van der Waals surface area contributed by atoms with Crippen molar-refractivity contribution in [2.24, 2.45) is 0 Å². The predicted octanol–water partition coefficient (Wildman–Crippen LogP) is 7.04. The molecule has 0 spiro atoms. The smallest absolute Gasteiger partial charge is 0.339 e. The van der Waals surface area contributed by atoms with Crippen molar-refractivity contribution in [3.8, 4) is 0 Å². The molecule has 0 unspecified atom stereocenters. The number of hydrogen-bond donors (Lipinski definition) is 0. The first kappa shape index (κ1) is 24.6. The third kappa shape index (κ3) is 9.37. The van der Waals surface area contributed by atoms with Gasteiger partial charge in [-0.15, -0.1) is 0 Å². The summed E-state index contributed by atoms with van der Waals surface area (Å²) in [5, 5.41) is 0. The SMILES string of the molecule is CCCCCCCCCCCOC(=O)c1ccccc1C(=O)OCc1cccc(C)c1. The number of carbonyl (C=O) groups excluding carboxylic acids is 2. The number of carbonyl (C=O) groups is 2. The monoisotopic (exact) mass is 424 g/mol. The van der Waals surface area contributed by atoms with Crippen LogP contribution in [0, 0.1) is 6.92 Å². The van der Waals surface area contributed by atoms with Crippen LogP contribution in [-0.4, -0.2) is 18.5 Å². The van der Waals surface area contributed by atoms with Crippen LogP contribution < -0.4 is 0 Å². The molecule has 0 atom stereocenters. The Kier molecular flexibility index (Phi) is 11.4. The van der Waals surface area contributed by atoms with Gasteiger partial charge in [0.2, 0.25) is 0 Å². The summed E-state index contributed by atoms with van der Waals surface area (Å²) in [6.45, 7) is 4.77.